The monoisotopic (exact) mass is 271 g/mol. The molecular formula is C17H15F2N. The van der Waals surface area contributed by atoms with Crippen LogP contribution in [0.25, 0.3) is 16.5 Å². The van der Waals surface area contributed by atoms with Gasteiger partial charge in [0.05, 0.1) is 0 Å². The molecule has 1 N–H and O–H groups in total. The Morgan fingerprint density at radius 1 is 1.15 bits per heavy atom. The highest BCUT2D eigenvalue weighted by atomic mass is 19.2. The van der Waals surface area contributed by atoms with Gasteiger partial charge in [-0.25, -0.2) is 8.78 Å². The molecule has 0 fully saturated rings. The molecule has 0 saturated heterocycles. The van der Waals surface area contributed by atoms with Crippen molar-refractivity contribution >= 4 is 16.5 Å². The minimum Gasteiger partial charge on any atom is -0.360 e. The minimum absolute atomic E-state index is 0.608. The standard InChI is InChI=1S/C17H15F2N/c1-2-11-4-3-5-12(7-6-11)14-10-20-17-9-16(19)15(18)8-13(14)17/h3,5-10,20H,2,4H2,1H3. The summed E-state index contributed by atoms with van der Waals surface area (Å²) in [6, 6.07) is 2.45. The van der Waals surface area contributed by atoms with Gasteiger partial charge in [0, 0.05) is 28.7 Å². The zero-order valence-electron chi connectivity index (χ0n) is 11.2. The van der Waals surface area contributed by atoms with Gasteiger partial charge in [0.1, 0.15) is 0 Å². The number of halogens is 2. The van der Waals surface area contributed by atoms with Crippen LogP contribution in [0.4, 0.5) is 8.78 Å². The maximum Gasteiger partial charge on any atom is 0.160 e. The third-order valence-electron chi connectivity index (χ3n) is 3.66. The van der Waals surface area contributed by atoms with Gasteiger partial charge in [-0.2, -0.15) is 0 Å². The topological polar surface area (TPSA) is 15.8 Å². The lowest BCUT2D eigenvalue weighted by Crippen LogP contribution is -1.84. The number of rotatable bonds is 2. The van der Waals surface area contributed by atoms with Crippen molar-refractivity contribution in [2.75, 3.05) is 0 Å². The lowest BCUT2D eigenvalue weighted by Gasteiger charge is -2.00. The van der Waals surface area contributed by atoms with Gasteiger partial charge < -0.3 is 4.98 Å². The highest BCUT2D eigenvalue weighted by Crippen LogP contribution is 2.29. The normalized spacial score (nSPS) is 15.2. The molecule has 102 valence electrons. The predicted molar refractivity (Wildman–Crippen MR) is 78.3 cm³/mol. The Kier molecular flexibility index (Phi) is 3.26. The Hall–Kier alpha value is -2.16. The van der Waals surface area contributed by atoms with Crippen molar-refractivity contribution in [2.24, 2.45) is 0 Å². The average Bonchev–Trinajstić information content (AvgIpc) is 2.70. The van der Waals surface area contributed by atoms with Crippen LogP contribution in [0, 0.1) is 11.6 Å². The summed E-state index contributed by atoms with van der Waals surface area (Å²) in [7, 11) is 0. The molecule has 0 unspecified atom stereocenters. The second-order valence-electron chi connectivity index (χ2n) is 4.92. The fourth-order valence-electron chi connectivity index (χ4n) is 2.47. The van der Waals surface area contributed by atoms with Crippen LogP contribution in [0.3, 0.4) is 0 Å². The van der Waals surface area contributed by atoms with E-state index in [1.54, 1.807) is 6.20 Å². The first-order chi connectivity index (χ1) is 9.69. The molecule has 0 amide bonds. The Bertz CT molecular complexity index is 748. The van der Waals surface area contributed by atoms with E-state index in [0.717, 1.165) is 24.0 Å². The zero-order chi connectivity index (χ0) is 14.1. The molecule has 3 rings (SSSR count). The van der Waals surface area contributed by atoms with Gasteiger partial charge in [0.15, 0.2) is 11.6 Å². The third-order valence-corrected chi connectivity index (χ3v) is 3.66. The van der Waals surface area contributed by atoms with E-state index in [4.69, 9.17) is 0 Å². The Morgan fingerprint density at radius 3 is 2.75 bits per heavy atom. The fraction of sp³-hybridized carbons (Fsp3) is 0.176. The first-order valence-corrected chi connectivity index (χ1v) is 6.72. The van der Waals surface area contributed by atoms with E-state index >= 15 is 0 Å². The van der Waals surface area contributed by atoms with Gasteiger partial charge in [0.25, 0.3) is 0 Å². The van der Waals surface area contributed by atoms with Crippen LogP contribution in [0.15, 0.2) is 48.2 Å². The Morgan fingerprint density at radius 2 is 1.95 bits per heavy atom. The predicted octanol–water partition coefficient (Wildman–Crippen LogP) is 5.13. The zero-order valence-corrected chi connectivity index (χ0v) is 11.2. The summed E-state index contributed by atoms with van der Waals surface area (Å²) >= 11 is 0. The molecule has 0 radical (unpaired) electrons. The van der Waals surface area contributed by atoms with Gasteiger partial charge >= 0.3 is 0 Å². The molecular weight excluding hydrogens is 256 g/mol. The number of benzene rings is 1. The molecule has 0 aliphatic heterocycles. The first-order valence-electron chi connectivity index (χ1n) is 6.72. The van der Waals surface area contributed by atoms with Gasteiger partial charge in [-0.3, -0.25) is 0 Å². The molecule has 1 aliphatic rings. The molecule has 1 aromatic heterocycles. The van der Waals surface area contributed by atoms with E-state index in [0.29, 0.717) is 10.9 Å². The van der Waals surface area contributed by atoms with Crippen molar-refractivity contribution in [1.82, 2.24) is 4.98 Å². The number of aromatic nitrogens is 1. The first kappa shape index (κ1) is 12.9. The minimum atomic E-state index is -0.829. The molecule has 20 heavy (non-hydrogen) atoms. The molecule has 0 spiro atoms. The summed E-state index contributed by atoms with van der Waals surface area (Å²) in [6.45, 7) is 2.13. The summed E-state index contributed by atoms with van der Waals surface area (Å²) in [5, 5.41) is 0.702. The van der Waals surface area contributed by atoms with Crippen LogP contribution < -0.4 is 0 Å². The summed E-state index contributed by atoms with van der Waals surface area (Å²) in [4.78, 5) is 3.00. The number of allylic oxidation sites excluding steroid dienone is 6. The van der Waals surface area contributed by atoms with Crippen molar-refractivity contribution in [3.8, 4) is 0 Å². The number of H-pyrrole nitrogens is 1. The van der Waals surface area contributed by atoms with E-state index in [-0.39, 0.29) is 0 Å². The molecule has 0 bridgehead atoms. The van der Waals surface area contributed by atoms with Crippen LogP contribution in [-0.4, -0.2) is 4.98 Å². The highest BCUT2D eigenvalue weighted by molar-refractivity contribution is 5.95. The van der Waals surface area contributed by atoms with Crippen LogP contribution >= 0.6 is 0 Å². The van der Waals surface area contributed by atoms with Gasteiger partial charge in [-0.15, -0.1) is 0 Å². The van der Waals surface area contributed by atoms with Gasteiger partial charge in [-0.1, -0.05) is 36.8 Å². The molecule has 1 aromatic carbocycles. The number of nitrogens with one attached hydrogen (secondary N) is 1. The molecule has 3 heteroatoms. The fourth-order valence-corrected chi connectivity index (χ4v) is 2.47. The van der Waals surface area contributed by atoms with Gasteiger partial charge in [0.2, 0.25) is 0 Å². The lowest BCUT2D eigenvalue weighted by atomic mass is 10.0. The number of hydrogen-bond acceptors (Lipinski definition) is 0. The number of aromatic amines is 1. The van der Waals surface area contributed by atoms with Crippen molar-refractivity contribution in [3.05, 3.63) is 65.4 Å². The molecule has 0 saturated carbocycles. The molecule has 1 heterocycles. The van der Waals surface area contributed by atoms with E-state index in [2.05, 4.69) is 24.1 Å². The molecule has 0 atom stereocenters. The van der Waals surface area contributed by atoms with E-state index in [1.807, 2.05) is 12.2 Å². The smallest absolute Gasteiger partial charge is 0.160 e. The van der Waals surface area contributed by atoms with Crippen LogP contribution in [0.2, 0.25) is 0 Å². The maximum atomic E-state index is 13.4. The summed E-state index contributed by atoms with van der Waals surface area (Å²) in [5.74, 6) is -1.65. The van der Waals surface area contributed by atoms with E-state index in [1.165, 1.54) is 17.7 Å². The van der Waals surface area contributed by atoms with Crippen molar-refractivity contribution in [2.45, 2.75) is 19.8 Å². The summed E-state index contributed by atoms with van der Waals surface area (Å²) in [6.07, 6.45) is 12.0. The average molecular weight is 271 g/mol. The summed E-state index contributed by atoms with van der Waals surface area (Å²) < 4.78 is 26.7. The Balaban J connectivity index is 2.13. The largest absolute Gasteiger partial charge is 0.360 e. The molecule has 2 aromatic rings. The third kappa shape index (κ3) is 2.20. The summed E-state index contributed by atoms with van der Waals surface area (Å²) in [5.41, 5.74) is 3.86. The van der Waals surface area contributed by atoms with Crippen LogP contribution in [0.5, 0.6) is 0 Å². The van der Waals surface area contributed by atoms with Crippen LogP contribution in [-0.2, 0) is 0 Å². The van der Waals surface area contributed by atoms with E-state index in [9.17, 15) is 8.78 Å². The molecule has 1 aliphatic carbocycles. The van der Waals surface area contributed by atoms with Crippen molar-refractivity contribution < 1.29 is 8.78 Å². The van der Waals surface area contributed by atoms with E-state index < -0.39 is 11.6 Å². The quantitative estimate of drug-likeness (QED) is 0.779. The highest BCUT2D eigenvalue weighted by Gasteiger charge is 2.11. The van der Waals surface area contributed by atoms with Crippen molar-refractivity contribution in [1.29, 1.82) is 0 Å². The Labute approximate surface area is 116 Å². The molecule has 1 nitrogen and oxygen atoms in total. The lowest BCUT2D eigenvalue weighted by molar-refractivity contribution is 0.511. The second-order valence-corrected chi connectivity index (χ2v) is 4.92. The van der Waals surface area contributed by atoms with Crippen molar-refractivity contribution in [3.63, 3.8) is 0 Å². The van der Waals surface area contributed by atoms with Crippen LogP contribution in [0.1, 0.15) is 25.3 Å². The second kappa shape index (κ2) is 5.08. The number of fused-ring (bicyclic) bond motifs is 1. The van der Waals surface area contributed by atoms with Gasteiger partial charge in [-0.05, 0) is 24.5 Å². The SMILES string of the molecule is CCC1=CC=C(c2c[nH]c3cc(F)c(F)cc23)C=CC1. The maximum absolute atomic E-state index is 13.4. The number of hydrogen-bond donors (Lipinski definition) is 1.